The Bertz CT molecular complexity index is 1160. The van der Waals surface area contributed by atoms with Crippen LogP contribution in [0.2, 0.25) is 0 Å². The fourth-order valence-corrected chi connectivity index (χ4v) is 4.77. The molecule has 0 bridgehead atoms. The molecule has 0 N–H and O–H groups in total. The number of oxazole rings is 1. The first-order valence-electron chi connectivity index (χ1n) is 9.13. The van der Waals surface area contributed by atoms with E-state index in [1.54, 1.807) is 32.4 Å². The van der Waals surface area contributed by atoms with Gasteiger partial charge in [0.2, 0.25) is 0 Å². The van der Waals surface area contributed by atoms with Gasteiger partial charge in [0.25, 0.3) is 0 Å². The van der Waals surface area contributed by atoms with E-state index in [9.17, 15) is 13.2 Å². The number of sulfone groups is 1. The molecular formula is C20H22N2O4S. The normalized spacial score (nSPS) is 15.9. The molecule has 0 radical (unpaired) electrons. The summed E-state index contributed by atoms with van der Waals surface area (Å²) in [7, 11) is -1.39. The SMILES string of the molecule is CCS(=O)(=O)CC(c1cncc(-c2ccc3oc(=O)n(C)c3c2)c1)C1CC1. The predicted octanol–water partition coefficient (Wildman–Crippen LogP) is 3.12. The molecular weight excluding hydrogens is 364 g/mol. The fourth-order valence-electron chi connectivity index (χ4n) is 3.52. The maximum atomic E-state index is 12.2. The highest BCUT2D eigenvalue weighted by molar-refractivity contribution is 7.91. The Hall–Kier alpha value is -2.41. The molecule has 2 heterocycles. The van der Waals surface area contributed by atoms with Crippen molar-refractivity contribution < 1.29 is 12.8 Å². The van der Waals surface area contributed by atoms with Gasteiger partial charge in [0.05, 0.1) is 11.3 Å². The summed E-state index contributed by atoms with van der Waals surface area (Å²) in [5, 5.41) is 0. The Morgan fingerprint density at radius 3 is 2.70 bits per heavy atom. The van der Waals surface area contributed by atoms with Crippen molar-refractivity contribution in [2.75, 3.05) is 11.5 Å². The largest absolute Gasteiger partial charge is 0.419 e. The molecule has 1 atom stereocenters. The zero-order valence-electron chi connectivity index (χ0n) is 15.4. The summed E-state index contributed by atoms with van der Waals surface area (Å²) in [5.74, 6) is 0.348. The minimum Gasteiger partial charge on any atom is -0.408 e. The van der Waals surface area contributed by atoms with Gasteiger partial charge in [-0.1, -0.05) is 13.0 Å². The molecule has 7 heteroatoms. The minimum atomic E-state index is -3.06. The second-order valence-corrected chi connectivity index (χ2v) is 9.66. The molecule has 4 rings (SSSR count). The Morgan fingerprint density at radius 1 is 1.22 bits per heavy atom. The molecule has 2 aromatic heterocycles. The van der Waals surface area contributed by atoms with E-state index in [0.717, 1.165) is 35.0 Å². The lowest BCUT2D eigenvalue weighted by molar-refractivity contribution is 0.528. The first-order valence-corrected chi connectivity index (χ1v) is 11.0. The Labute approximate surface area is 157 Å². The van der Waals surface area contributed by atoms with Crippen molar-refractivity contribution in [2.24, 2.45) is 13.0 Å². The predicted molar refractivity (Wildman–Crippen MR) is 104 cm³/mol. The number of hydrogen-bond acceptors (Lipinski definition) is 5. The van der Waals surface area contributed by atoms with Crippen molar-refractivity contribution in [3.05, 3.63) is 52.8 Å². The van der Waals surface area contributed by atoms with Crippen LogP contribution in [0.25, 0.3) is 22.2 Å². The second-order valence-electron chi connectivity index (χ2n) is 7.26. The highest BCUT2D eigenvalue weighted by atomic mass is 32.2. The maximum Gasteiger partial charge on any atom is 0.419 e. The first-order chi connectivity index (χ1) is 12.9. The lowest BCUT2D eigenvalue weighted by atomic mass is 9.95. The van der Waals surface area contributed by atoms with Crippen LogP contribution >= 0.6 is 0 Å². The molecule has 1 aromatic carbocycles. The third-order valence-corrected chi connectivity index (χ3v) is 7.12. The van der Waals surface area contributed by atoms with Crippen molar-refractivity contribution in [2.45, 2.75) is 25.7 Å². The quantitative estimate of drug-likeness (QED) is 0.650. The van der Waals surface area contributed by atoms with Crippen molar-refractivity contribution in [1.82, 2.24) is 9.55 Å². The number of benzene rings is 1. The standard InChI is InChI=1S/C20H22N2O4S/c1-3-27(24,25)12-17(13-4-5-13)16-8-15(10-21-11-16)14-6-7-19-18(9-14)22(2)20(23)26-19/h6-11,13,17H,3-5,12H2,1-2H3. The van der Waals surface area contributed by atoms with Crippen LogP contribution in [0.3, 0.4) is 0 Å². The van der Waals surface area contributed by atoms with Crippen LogP contribution in [0.15, 0.2) is 45.9 Å². The van der Waals surface area contributed by atoms with Gasteiger partial charge < -0.3 is 4.42 Å². The van der Waals surface area contributed by atoms with Gasteiger partial charge in [-0.3, -0.25) is 9.55 Å². The van der Waals surface area contributed by atoms with E-state index in [4.69, 9.17) is 4.42 Å². The molecule has 27 heavy (non-hydrogen) atoms. The lowest BCUT2D eigenvalue weighted by Crippen LogP contribution is -2.18. The Morgan fingerprint density at radius 2 is 2.00 bits per heavy atom. The molecule has 0 saturated heterocycles. The molecule has 1 aliphatic rings. The van der Waals surface area contributed by atoms with E-state index >= 15 is 0 Å². The van der Waals surface area contributed by atoms with Gasteiger partial charge in [-0.05, 0) is 48.1 Å². The number of aryl methyl sites for hydroxylation is 1. The molecule has 1 unspecified atom stereocenters. The van der Waals surface area contributed by atoms with Crippen LogP contribution in [-0.2, 0) is 16.9 Å². The van der Waals surface area contributed by atoms with Crippen molar-refractivity contribution in [1.29, 1.82) is 0 Å². The van der Waals surface area contributed by atoms with E-state index in [1.807, 2.05) is 18.2 Å². The number of nitrogens with zero attached hydrogens (tertiary/aromatic N) is 2. The van der Waals surface area contributed by atoms with Crippen LogP contribution in [0.4, 0.5) is 0 Å². The van der Waals surface area contributed by atoms with Gasteiger partial charge in [-0.25, -0.2) is 13.2 Å². The topological polar surface area (TPSA) is 82.2 Å². The van der Waals surface area contributed by atoms with Crippen LogP contribution in [0.1, 0.15) is 31.2 Å². The average Bonchev–Trinajstić information content (AvgIpc) is 3.47. The summed E-state index contributed by atoms with van der Waals surface area (Å²) in [6.07, 6.45) is 5.68. The molecule has 3 aromatic rings. The number of rotatable bonds is 6. The smallest absolute Gasteiger partial charge is 0.408 e. The number of aromatic nitrogens is 2. The zero-order chi connectivity index (χ0) is 19.2. The van der Waals surface area contributed by atoms with E-state index in [-0.39, 0.29) is 17.4 Å². The van der Waals surface area contributed by atoms with Crippen molar-refractivity contribution >= 4 is 20.9 Å². The fraction of sp³-hybridized carbons (Fsp3) is 0.400. The zero-order valence-corrected chi connectivity index (χ0v) is 16.2. The summed E-state index contributed by atoms with van der Waals surface area (Å²) < 4.78 is 31.0. The summed E-state index contributed by atoms with van der Waals surface area (Å²) in [4.78, 5) is 16.1. The minimum absolute atomic E-state index is 0.00980. The number of fused-ring (bicyclic) bond motifs is 1. The molecule has 1 saturated carbocycles. The second kappa shape index (κ2) is 6.64. The van der Waals surface area contributed by atoms with Crippen LogP contribution in [-0.4, -0.2) is 29.5 Å². The molecule has 0 spiro atoms. The summed E-state index contributed by atoms with van der Waals surface area (Å²) in [6, 6.07) is 7.59. The van der Waals surface area contributed by atoms with Gasteiger partial charge in [-0.2, -0.15) is 0 Å². The highest BCUT2D eigenvalue weighted by Gasteiger charge is 2.35. The van der Waals surface area contributed by atoms with E-state index < -0.39 is 15.6 Å². The average molecular weight is 386 g/mol. The van der Waals surface area contributed by atoms with Crippen molar-refractivity contribution in [3.63, 3.8) is 0 Å². The monoisotopic (exact) mass is 386 g/mol. The van der Waals surface area contributed by atoms with Gasteiger partial charge in [0.1, 0.15) is 0 Å². The van der Waals surface area contributed by atoms with Crippen LogP contribution in [0.5, 0.6) is 0 Å². The van der Waals surface area contributed by atoms with Gasteiger partial charge >= 0.3 is 5.76 Å². The Kier molecular flexibility index (Phi) is 4.42. The maximum absolute atomic E-state index is 12.2. The Balaban J connectivity index is 1.73. The van der Waals surface area contributed by atoms with E-state index in [1.165, 1.54) is 4.57 Å². The van der Waals surface area contributed by atoms with Gasteiger partial charge in [0, 0.05) is 36.7 Å². The van der Waals surface area contributed by atoms with Crippen molar-refractivity contribution in [3.8, 4) is 11.1 Å². The number of pyridine rings is 1. The molecule has 142 valence electrons. The third-order valence-electron chi connectivity index (χ3n) is 5.38. The summed E-state index contributed by atoms with van der Waals surface area (Å²) >= 11 is 0. The highest BCUT2D eigenvalue weighted by Crippen LogP contribution is 2.43. The number of hydrogen-bond donors (Lipinski definition) is 0. The van der Waals surface area contributed by atoms with Gasteiger partial charge in [0.15, 0.2) is 15.4 Å². The molecule has 1 aliphatic carbocycles. The summed E-state index contributed by atoms with van der Waals surface area (Å²) in [6.45, 7) is 1.69. The summed E-state index contributed by atoms with van der Waals surface area (Å²) in [5.41, 5.74) is 4.05. The molecule has 1 fully saturated rings. The molecule has 0 aliphatic heterocycles. The van der Waals surface area contributed by atoms with E-state index in [2.05, 4.69) is 4.98 Å². The lowest BCUT2D eigenvalue weighted by Gasteiger charge is -2.17. The molecule has 6 nitrogen and oxygen atoms in total. The first kappa shape index (κ1) is 18.0. The van der Waals surface area contributed by atoms with Crippen LogP contribution in [0, 0.1) is 5.92 Å². The van der Waals surface area contributed by atoms with E-state index in [0.29, 0.717) is 11.5 Å². The molecule has 0 amide bonds. The van der Waals surface area contributed by atoms with Gasteiger partial charge in [-0.15, -0.1) is 0 Å². The third kappa shape index (κ3) is 3.56. The van der Waals surface area contributed by atoms with Crippen LogP contribution < -0.4 is 5.76 Å².